The Labute approximate surface area is 106 Å². The molecule has 0 aliphatic heterocycles. The number of nitrogens with zero attached hydrogens (tertiary/aromatic N) is 1. The lowest BCUT2D eigenvalue weighted by Gasteiger charge is -2.13. The van der Waals surface area contributed by atoms with E-state index in [0.717, 1.165) is 5.69 Å². The average molecular weight is 247 g/mol. The van der Waals surface area contributed by atoms with Crippen LogP contribution in [0.2, 0.25) is 0 Å². The van der Waals surface area contributed by atoms with Gasteiger partial charge in [0.2, 0.25) is 0 Å². The van der Waals surface area contributed by atoms with Crippen LogP contribution in [0, 0.1) is 5.92 Å². The van der Waals surface area contributed by atoms with Crippen molar-refractivity contribution in [1.82, 2.24) is 4.98 Å². The Morgan fingerprint density at radius 1 is 1.56 bits per heavy atom. The van der Waals surface area contributed by atoms with E-state index in [4.69, 9.17) is 4.74 Å². The zero-order chi connectivity index (χ0) is 13.0. The maximum absolute atomic E-state index is 11.7. The van der Waals surface area contributed by atoms with Crippen molar-refractivity contribution in [3.8, 4) is 0 Å². The van der Waals surface area contributed by atoms with Crippen molar-refractivity contribution in [1.29, 1.82) is 0 Å². The molecule has 2 unspecified atom stereocenters. The lowest BCUT2D eigenvalue weighted by atomic mass is 10.1. The van der Waals surface area contributed by atoms with Gasteiger partial charge in [0.25, 0.3) is 0 Å². The maximum Gasteiger partial charge on any atom is 0.309 e. The number of aromatic nitrogens is 1. The molecule has 1 aromatic heterocycles. The van der Waals surface area contributed by atoms with Gasteiger partial charge in [-0.3, -0.25) is 14.6 Å². The molecule has 0 N–H and O–H groups in total. The standard InChI is InChI=1S/C14H17NO3/c1-10(13-4-2-3-7-15-13)9-18-14(17)11-5-6-12(16)8-11/h2-4,7,10-11H,5-6,8-9H2,1H3. The Bertz CT molecular complexity index is 430. The van der Waals surface area contributed by atoms with Crippen LogP contribution in [0.1, 0.15) is 37.8 Å². The first kappa shape index (κ1) is 12.7. The number of carbonyl (C=O) groups excluding carboxylic acids is 2. The highest BCUT2D eigenvalue weighted by atomic mass is 16.5. The topological polar surface area (TPSA) is 56.3 Å². The fourth-order valence-electron chi connectivity index (χ4n) is 2.09. The van der Waals surface area contributed by atoms with E-state index < -0.39 is 0 Å². The molecule has 2 rings (SSSR count). The summed E-state index contributed by atoms with van der Waals surface area (Å²) >= 11 is 0. The molecule has 0 bridgehead atoms. The van der Waals surface area contributed by atoms with Gasteiger partial charge >= 0.3 is 5.97 Å². The first-order chi connectivity index (χ1) is 8.66. The van der Waals surface area contributed by atoms with Gasteiger partial charge in [0, 0.05) is 30.7 Å². The molecule has 1 saturated carbocycles. The number of rotatable bonds is 4. The Balaban J connectivity index is 1.81. The largest absolute Gasteiger partial charge is 0.465 e. The van der Waals surface area contributed by atoms with Gasteiger partial charge in [-0.2, -0.15) is 0 Å². The predicted molar refractivity (Wildman–Crippen MR) is 66.0 cm³/mol. The van der Waals surface area contributed by atoms with E-state index >= 15 is 0 Å². The minimum atomic E-state index is -0.247. The molecule has 0 aromatic carbocycles. The van der Waals surface area contributed by atoms with E-state index in [0.29, 0.717) is 25.9 Å². The van der Waals surface area contributed by atoms with Crippen molar-refractivity contribution in [3.63, 3.8) is 0 Å². The van der Waals surface area contributed by atoms with Crippen molar-refractivity contribution < 1.29 is 14.3 Å². The molecular weight excluding hydrogens is 230 g/mol. The molecular formula is C14H17NO3. The van der Waals surface area contributed by atoms with Gasteiger partial charge < -0.3 is 4.74 Å². The summed E-state index contributed by atoms with van der Waals surface area (Å²) in [5.74, 6) is -0.237. The summed E-state index contributed by atoms with van der Waals surface area (Å²) in [6, 6.07) is 5.68. The Morgan fingerprint density at radius 2 is 2.39 bits per heavy atom. The molecule has 18 heavy (non-hydrogen) atoms. The molecule has 1 fully saturated rings. The van der Waals surface area contributed by atoms with E-state index in [1.807, 2.05) is 25.1 Å². The van der Waals surface area contributed by atoms with Crippen molar-refractivity contribution in [2.24, 2.45) is 5.92 Å². The summed E-state index contributed by atoms with van der Waals surface area (Å²) < 4.78 is 5.26. The maximum atomic E-state index is 11.7. The van der Waals surface area contributed by atoms with Crippen LogP contribution < -0.4 is 0 Å². The second kappa shape index (κ2) is 5.76. The smallest absolute Gasteiger partial charge is 0.309 e. The van der Waals surface area contributed by atoms with Gasteiger partial charge in [-0.1, -0.05) is 13.0 Å². The number of hydrogen-bond acceptors (Lipinski definition) is 4. The summed E-state index contributed by atoms with van der Waals surface area (Å²) in [6.45, 7) is 2.29. The minimum Gasteiger partial charge on any atom is -0.465 e. The lowest BCUT2D eigenvalue weighted by molar-refractivity contribution is -0.149. The van der Waals surface area contributed by atoms with E-state index in [2.05, 4.69) is 4.98 Å². The molecule has 1 aromatic rings. The normalized spacial score (nSPS) is 20.7. The third-order valence-corrected chi connectivity index (χ3v) is 3.25. The molecule has 0 radical (unpaired) electrons. The summed E-state index contributed by atoms with van der Waals surface area (Å²) in [7, 11) is 0. The molecule has 0 saturated heterocycles. The summed E-state index contributed by atoms with van der Waals surface area (Å²) in [5, 5.41) is 0. The number of Topliss-reactive ketones (excluding diaryl/α,β-unsaturated/α-hetero) is 1. The molecule has 96 valence electrons. The second-order valence-corrected chi connectivity index (χ2v) is 4.76. The van der Waals surface area contributed by atoms with Crippen LogP contribution in [-0.4, -0.2) is 23.3 Å². The van der Waals surface area contributed by atoms with Crippen LogP contribution in [0.5, 0.6) is 0 Å². The second-order valence-electron chi connectivity index (χ2n) is 4.76. The third kappa shape index (κ3) is 3.15. The van der Waals surface area contributed by atoms with Crippen LogP contribution >= 0.6 is 0 Å². The minimum absolute atomic E-state index is 0.0762. The predicted octanol–water partition coefficient (Wildman–Crippen LogP) is 2.10. The Hall–Kier alpha value is -1.71. The summed E-state index contributed by atoms with van der Waals surface area (Å²) in [5.41, 5.74) is 0.910. The van der Waals surface area contributed by atoms with Crippen molar-refractivity contribution in [2.75, 3.05) is 6.61 Å². The van der Waals surface area contributed by atoms with Crippen molar-refractivity contribution in [3.05, 3.63) is 30.1 Å². The number of pyridine rings is 1. The summed E-state index contributed by atoms with van der Waals surface area (Å²) in [4.78, 5) is 27.1. The highest BCUT2D eigenvalue weighted by Gasteiger charge is 2.29. The van der Waals surface area contributed by atoms with Crippen molar-refractivity contribution >= 4 is 11.8 Å². The fourth-order valence-corrected chi connectivity index (χ4v) is 2.09. The van der Waals surface area contributed by atoms with Crippen LogP contribution in [0.25, 0.3) is 0 Å². The van der Waals surface area contributed by atoms with Gasteiger partial charge in [-0.25, -0.2) is 0 Å². The van der Waals surface area contributed by atoms with E-state index in [9.17, 15) is 9.59 Å². The zero-order valence-corrected chi connectivity index (χ0v) is 10.5. The first-order valence-corrected chi connectivity index (χ1v) is 6.26. The van der Waals surface area contributed by atoms with Crippen LogP contribution in [-0.2, 0) is 14.3 Å². The number of ether oxygens (including phenoxy) is 1. The average Bonchev–Trinajstić information content (AvgIpc) is 2.83. The van der Waals surface area contributed by atoms with Gasteiger partial charge in [-0.05, 0) is 18.6 Å². The van der Waals surface area contributed by atoms with Crippen LogP contribution in [0.15, 0.2) is 24.4 Å². The first-order valence-electron chi connectivity index (χ1n) is 6.26. The molecule has 4 nitrogen and oxygen atoms in total. The molecule has 4 heteroatoms. The molecule has 0 amide bonds. The Morgan fingerprint density at radius 3 is 3.00 bits per heavy atom. The van der Waals surface area contributed by atoms with Gasteiger partial charge in [0.15, 0.2) is 0 Å². The zero-order valence-electron chi connectivity index (χ0n) is 10.5. The monoisotopic (exact) mass is 247 g/mol. The molecule has 1 aliphatic rings. The van der Waals surface area contributed by atoms with E-state index in [1.165, 1.54) is 0 Å². The number of carbonyl (C=O) groups is 2. The molecule has 0 spiro atoms. The molecule has 2 atom stereocenters. The highest BCUT2D eigenvalue weighted by Crippen LogP contribution is 2.23. The molecule has 1 aliphatic carbocycles. The highest BCUT2D eigenvalue weighted by molar-refractivity contribution is 5.87. The van der Waals surface area contributed by atoms with Gasteiger partial charge in [-0.15, -0.1) is 0 Å². The van der Waals surface area contributed by atoms with Gasteiger partial charge in [0.1, 0.15) is 5.78 Å². The number of ketones is 1. The Kier molecular flexibility index (Phi) is 4.07. The number of hydrogen-bond donors (Lipinski definition) is 0. The number of esters is 1. The van der Waals surface area contributed by atoms with Crippen LogP contribution in [0.3, 0.4) is 0 Å². The summed E-state index contributed by atoms with van der Waals surface area (Å²) in [6.07, 6.45) is 3.21. The SMILES string of the molecule is CC(COC(=O)C1CCC(=O)C1)c1ccccn1. The van der Waals surface area contributed by atoms with E-state index in [-0.39, 0.29) is 23.6 Å². The fraction of sp³-hybridized carbons (Fsp3) is 0.500. The third-order valence-electron chi connectivity index (χ3n) is 3.25. The molecule has 1 heterocycles. The van der Waals surface area contributed by atoms with Gasteiger partial charge in [0.05, 0.1) is 12.5 Å². The van der Waals surface area contributed by atoms with E-state index in [1.54, 1.807) is 6.20 Å². The quantitative estimate of drug-likeness (QED) is 0.764. The van der Waals surface area contributed by atoms with Crippen LogP contribution in [0.4, 0.5) is 0 Å². The van der Waals surface area contributed by atoms with Crippen molar-refractivity contribution in [2.45, 2.75) is 32.1 Å². The lowest BCUT2D eigenvalue weighted by Crippen LogP contribution is -2.18.